The summed E-state index contributed by atoms with van der Waals surface area (Å²) in [6.45, 7) is 5.59. The molecule has 7 heteroatoms. The highest BCUT2D eigenvalue weighted by Gasteiger charge is 2.18. The number of hydrogen-bond acceptors (Lipinski definition) is 6. The molecule has 1 aliphatic heterocycles. The van der Waals surface area contributed by atoms with Gasteiger partial charge in [-0.3, -0.25) is 9.88 Å². The molecule has 0 radical (unpaired) electrons. The topological polar surface area (TPSA) is 92.9 Å². The molecule has 1 aromatic heterocycles. The molecular weight excluding hydrogens is 298 g/mol. The summed E-state index contributed by atoms with van der Waals surface area (Å²) in [6, 6.07) is 5.29. The van der Waals surface area contributed by atoms with Gasteiger partial charge in [0.15, 0.2) is 5.58 Å². The fourth-order valence-electron chi connectivity index (χ4n) is 3.02. The molecule has 1 atom stereocenters. The van der Waals surface area contributed by atoms with Crippen LogP contribution >= 0.6 is 0 Å². The zero-order chi connectivity index (χ0) is 16.2. The van der Waals surface area contributed by atoms with Gasteiger partial charge in [-0.1, -0.05) is 6.07 Å². The molecule has 0 amide bonds. The van der Waals surface area contributed by atoms with E-state index in [0.717, 1.165) is 44.8 Å². The van der Waals surface area contributed by atoms with E-state index in [1.807, 2.05) is 6.07 Å². The quantitative estimate of drug-likeness (QED) is 0.701. The van der Waals surface area contributed by atoms with Crippen LogP contribution in [0.15, 0.2) is 27.4 Å². The van der Waals surface area contributed by atoms with Crippen LogP contribution in [0.25, 0.3) is 11.1 Å². The Kier molecular flexibility index (Phi) is 5.12. The third-order valence-corrected chi connectivity index (χ3v) is 4.43. The van der Waals surface area contributed by atoms with Crippen LogP contribution in [-0.2, 0) is 0 Å². The van der Waals surface area contributed by atoms with Crippen molar-refractivity contribution in [3.63, 3.8) is 0 Å². The van der Waals surface area contributed by atoms with Crippen molar-refractivity contribution >= 4 is 11.1 Å². The lowest BCUT2D eigenvalue weighted by Crippen LogP contribution is -2.47. The van der Waals surface area contributed by atoms with Crippen LogP contribution < -0.4 is 5.76 Å². The van der Waals surface area contributed by atoms with E-state index in [1.54, 1.807) is 12.1 Å². The van der Waals surface area contributed by atoms with Crippen molar-refractivity contribution < 1.29 is 14.6 Å². The Morgan fingerprint density at radius 1 is 1.17 bits per heavy atom. The van der Waals surface area contributed by atoms with Gasteiger partial charge in [0.25, 0.3) is 0 Å². The summed E-state index contributed by atoms with van der Waals surface area (Å²) in [5.74, 6) is -0.479. The minimum Gasteiger partial charge on any atom is -0.408 e. The summed E-state index contributed by atoms with van der Waals surface area (Å²) < 4.78 is 5.03. The molecule has 0 bridgehead atoms. The van der Waals surface area contributed by atoms with Crippen LogP contribution in [0.5, 0.6) is 0 Å². The number of nitrogens with one attached hydrogen (secondary N) is 1. The van der Waals surface area contributed by atoms with E-state index in [0.29, 0.717) is 17.5 Å². The van der Waals surface area contributed by atoms with Gasteiger partial charge in [-0.2, -0.15) is 0 Å². The molecule has 0 spiro atoms. The summed E-state index contributed by atoms with van der Waals surface area (Å²) in [7, 11) is 0. The fraction of sp³-hybridized carbons (Fsp3) is 0.562. The Hall–Kier alpha value is -1.67. The number of oxazole rings is 1. The van der Waals surface area contributed by atoms with Gasteiger partial charge in [0.2, 0.25) is 0 Å². The van der Waals surface area contributed by atoms with Crippen molar-refractivity contribution in [3.05, 3.63) is 34.3 Å². The third kappa shape index (κ3) is 4.00. The maximum absolute atomic E-state index is 11.2. The van der Waals surface area contributed by atoms with Crippen molar-refractivity contribution in [2.45, 2.75) is 12.5 Å². The molecule has 126 valence electrons. The SMILES string of the molecule is O=c1[nH]c2ccc(C(O)CCN3CCN(CCO)CC3)cc2o1. The molecule has 3 N–H and O–H groups in total. The summed E-state index contributed by atoms with van der Waals surface area (Å²) in [5, 5.41) is 19.3. The lowest BCUT2D eigenvalue weighted by Gasteiger charge is -2.34. The highest BCUT2D eigenvalue weighted by atomic mass is 16.4. The normalized spacial score (nSPS) is 18.5. The maximum Gasteiger partial charge on any atom is 0.417 e. The van der Waals surface area contributed by atoms with Crippen molar-refractivity contribution in [2.24, 2.45) is 0 Å². The standard InChI is InChI=1S/C16H23N3O4/c20-10-9-19-7-5-18(6-8-19)4-3-14(21)12-1-2-13-15(11-12)23-16(22)17-13/h1-2,11,14,20-21H,3-10H2,(H,17,22). The number of aliphatic hydroxyl groups excluding tert-OH is 2. The molecule has 2 heterocycles. The van der Waals surface area contributed by atoms with Crippen LogP contribution in [0.4, 0.5) is 0 Å². The molecule has 1 saturated heterocycles. The third-order valence-electron chi connectivity index (χ3n) is 4.43. The van der Waals surface area contributed by atoms with Crippen LogP contribution in [0.1, 0.15) is 18.1 Å². The van der Waals surface area contributed by atoms with E-state index in [1.165, 1.54) is 0 Å². The lowest BCUT2D eigenvalue weighted by molar-refractivity contribution is 0.0924. The molecule has 0 aliphatic carbocycles. The lowest BCUT2D eigenvalue weighted by atomic mass is 10.1. The monoisotopic (exact) mass is 321 g/mol. The number of H-pyrrole nitrogens is 1. The molecule has 23 heavy (non-hydrogen) atoms. The molecule has 1 aliphatic rings. The molecule has 2 aromatic rings. The number of benzene rings is 1. The minimum atomic E-state index is -0.574. The largest absolute Gasteiger partial charge is 0.417 e. The molecular formula is C16H23N3O4. The average Bonchev–Trinajstić information content (AvgIpc) is 2.93. The average molecular weight is 321 g/mol. The van der Waals surface area contributed by atoms with Crippen LogP contribution in [0.3, 0.4) is 0 Å². The Morgan fingerprint density at radius 3 is 2.57 bits per heavy atom. The number of hydrogen-bond donors (Lipinski definition) is 3. The second-order valence-electron chi connectivity index (χ2n) is 5.98. The summed E-state index contributed by atoms with van der Waals surface area (Å²) >= 11 is 0. The smallest absolute Gasteiger partial charge is 0.408 e. The van der Waals surface area contributed by atoms with E-state index in [9.17, 15) is 9.90 Å². The zero-order valence-electron chi connectivity index (χ0n) is 13.1. The molecule has 3 rings (SSSR count). The predicted molar refractivity (Wildman–Crippen MR) is 86.4 cm³/mol. The van der Waals surface area contributed by atoms with Crippen LogP contribution in [-0.4, -0.2) is 70.9 Å². The number of aromatic nitrogens is 1. The first-order valence-electron chi connectivity index (χ1n) is 8.02. The van der Waals surface area contributed by atoms with E-state index < -0.39 is 11.9 Å². The Morgan fingerprint density at radius 2 is 1.87 bits per heavy atom. The van der Waals surface area contributed by atoms with Gasteiger partial charge in [-0.25, -0.2) is 4.79 Å². The van der Waals surface area contributed by atoms with Crippen molar-refractivity contribution in [3.8, 4) is 0 Å². The zero-order valence-corrected chi connectivity index (χ0v) is 13.1. The van der Waals surface area contributed by atoms with Gasteiger partial charge >= 0.3 is 5.76 Å². The predicted octanol–water partition coefficient (Wildman–Crippen LogP) is 0.155. The van der Waals surface area contributed by atoms with Crippen LogP contribution in [0.2, 0.25) is 0 Å². The van der Waals surface area contributed by atoms with Crippen molar-refractivity contribution in [2.75, 3.05) is 45.9 Å². The highest BCUT2D eigenvalue weighted by Crippen LogP contribution is 2.21. The minimum absolute atomic E-state index is 0.205. The number of nitrogens with zero attached hydrogens (tertiary/aromatic N) is 2. The van der Waals surface area contributed by atoms with Gasteiger partial charge in [0.1, 0.15) is 0 Å². The summed E-state index contributed by atoms with van der Waals surface area (Å²) in [4.78, 5) is 18.3. The summed E-state index contributed by atoms with van der Waals surface area (Å²) in [6.07, 6.45) is 0.0650. The van der Waals surface area contributed by atoms with Gasteiger partial charge in [-0.05, 0) is 24.1 Å². The molecule has 7 nitrogen and oxygen atoms in total. The number of aromatic amines is 1. The first kappa shape index (κ1) is 16.2. The van der Waals surface area contributed by atoms with E-state index in [-0.39, 0.29) is 6.61 Å². The molecule has 0 saturated carbocycles. The summed E-state index contributed by atoms with van der Waals surface area (Å²) in [5.41, 5.74) is 1.88. The van der Waals surface area contributed by atoms with Crippen molar-refractivity contribution in [1.29, 1.82) is 0 Å². The number of fused-ring (bicyclic) bond motifs is 1. The van der Waals surface area contributed by atoms with Gasteiger partial charge in [-0.15, -0.1) is 0 Å². The first-order valence-corrected chi connectivity index (χ1v) is 8.02. The van der Waals surface area contributed by atoms with Gasteiger partial charge < -0.3 is 19.5 Å². The van der Waals surface area contributed by atoms with E-state index >= 15 is 0 Å². The number of rotatable bonds is 6. The Bertz CT molecular complexity index is 688. The second kappa shape index (κ2) is 7.27. The van der Waals surface area contributed by atoms with Gasteiger partial charge in [0.05, 0.1) is 18.2 Å². The molecule has 1 aromatic carbocycles. The fourth-order valence-corrected chi connectivity index (χ4v) is 3.02. The maximum atomic E-state index is 11.2. The van der Waals surface area contributed by atoms with Gasteiger partial charge in [0, 0.05) is 39.3 Å². The second-order valence-corrected chi connectivity index (χ2v) is 5.98. The molecule has 1 unspecified atom stereocenters. The highest BCUT2D eigenvalue weighted by molar-refractivity contribution is 5.72. The Balaban J connectivity index is 1.52. The molecule has 1 fully saturated rings. The first-order chi connectivity index (χ1) is 11.2. The van der Waals surface area contributed by atoms with E-state index in [4.69, 9.17) is 9.52 Å². The van der Waals surface area contributed by atoms with Crippen molar-refractivity contribution in [1.82, 2.24) is 14.8 Å². The Labute approximate surface area is 134 Å². The number of aliphatic hydroxyl groups is 2. The number of β-amino-alcohol motifs (C(OH)–C–C–N with tert-alkyl or cyclic N) is 1. The van der Waals surface area contributed by atoms with E-state index in [2.05, 4.69) is 14.8 Å². The number of piperazine rings is 1. The van der Waals surface area contributed by atoms with Crippen LogP contribution in [0, 0.1) is 0 Å².